The zero-order chi connectivity index (χ0) is 15.4. The number of hydrogen-bond donors (Lipinski definition) is 1. The van der Waals surface area contributed by atoms with Crippen molar-refractivity contribution in [3.63, 3.8) is 0 Å². The van der Waals surface area contributed by atoms with Crippen LogP contribution in [0.2, 0.25) is 0 Å². The van der Waals surface area contributed by atoms with Crippen molar-refractivity contribution in [2.45, 2.75) is 31.9 Å². The van der Waals surface area contributed by atoms with Crippen molar-refractivity contribution in [1.29, 1.82) is 0 Å². The first kappa shape index (κ1) is 18.0. The summed E-state index contributed by atoms with van der Waals surface area (Å²) in [5.74, 6) is 0.793. The summed E-state index contributed by atoms with van der Waals surface area (Å²) in [5, 5.41) is 11.0. The maximum atomic E-state index is 11.0. The van der Waals surface area contributed by atoms with Gasteiger partial charge in [-0.3, -0.25) is 4.90 Å². The Morgan fingerprint density at radius 2 is 1.35 bits per heavy atom. The van der Waals surface area contributed by atoms with Gasteiger partial charge in [0.25, 0.3) is 0 Å². The van der Waals surface area contributed by atoms with Crippen molar-refractivity contribution in [3.05, 3.63) is 71.8 Å². The van der Waals surface area contributed by atoms with Crippen molar-refractivity contribution in [1.82, 2.24) is 4.90 Å². The van der Waals surface area contributed by atoms with E-state index >= 15 is 0 Å². The molecule has 1 N–H and O–H groups in total. The lowest BCUT2D eigenvalue weighted by molar-refractivity contribution is 0.0284. The molecule has 1 heterocycles. The normalized spacial score (nSPS) is 18.9. The van der Waals surface area contributed by atoms with E-state index in [1.165, 1.54) is 18.4 Å². The summed E-state index contributed by atoms with van der Waals surface area (Å²) in [4.78, 5) is 2.45. The zero-order valence-corrected chi connectivity index (χ0v) is 14.5. The number of aliphatic hydroxyl groups is 1. The van der Waals surface area contributed by atoms with Crippen LogP contribution in [0.3, 0.4) is 0 Å². The molecule has 0 radical (unpaired) electrons. The first-order chi connectivity index (χ1) is 10.8. The van der Waals surface area contributed by atoms with Crippen LogP contribution in [0.25, 0.3) is 0 Å². The molecule has 0 amide bonds. The van der Waals surface area contributed by atoms with E-state index in [-0.39, 0.29) is 18.4 Å². The van der Waals surface area contributed by atoms with Crippen LogP contribution in [-0.2, 0) is 0 Å². The van der Waals surface area contributed by atoms with Crippen LogP contribution >= 0.6 is 12.4 Å². The molecular weight excluding hydrogens is 306 g/mol. The van der Waals surface area contributed by atoms with Crippen LogP contribution in [0.1, 0.15) is 43.0 Å². The van der Waals surface area contributed by atoms with E-state index in [0.717, 1.165) is 24.6 Å². The standard InChI is InChI=1S/C20H25NO.ClH/c1-16-12-14-21(15-13-16)19(17-8-4-2-5-9-17)20(22)18-10-6-3-7-11-18;/h2-11,16,19-20,22H,12-15H2,1H3;1H. The van der Waals surface area contributed by atoms with Crippen LogP contribution in [0.15, 0.2) is 60.7 Å². The summed E-state index contributed by atoms with van der Waals surface area (Å²) in [6, 6.07) is 20.5. The van der Waals surface area contributed by atoms with Gasteiger partial charge >= 0.3 is 0 Å². The minimum absolute atomic E-state index is 0. The van der Waals surface area contributed by atoms with E-state index in [4.69, 9.17) is 0 Å². The van der Waals surface area contributed by atoms with Gasteiger partial charge < -0.3 is 5.11 Å². The van der Waals surface area contributed by atoms with Crippen LogP contribution in [0.5, 0.6) is 0 Å². The summed E-state index contributed by atoms with van der Waals surface area (Å²) < 4.78 is 0. The predicted octanol–water partition coefficient (Wildman–Crippen LogP) is 4.62. The molecule has 1 saturated heterocycles. The van der Waals surface area contributed by atoms with Gasteiger partial charge in [0.1, 0.15) is 0 Å². The highest BCUT2D eigenvalue weighted by molar-refractivity contribution is 5.85. The molecule has 2 unspecified atom stereocenters. The number of benzene rings is 2. The van der Waals surface area contributed by atoms with Crippen LogP contribution in [0.4, 0.5) is 0 Å². The van der Waals surface area contributed by atoms with Gasteiger partial charge in [0, 0.05) is 0 Å². The van der Waals surface area contributed by atoms with Gasteiger partial charge in [0.05, 0.1) is 12.1 Å². The molecule has 0 bridgehead atoms. The van der Waals surface area contributed by atoms with Gasteiger partial charge in [0.2, 0.25) is 0 Å². The number of likely N-dealkylation sites (tertiary alicyclic amines) is 1. The number of halogens is 1. The van der Waals surface area contributed by atoms with E-state index in [2.05, 4.69) is 36.1 Å². The molecular formula is C20H26ClNO. The van der Waals surface area contributed by atoms with Crippen molar-refractivity contribution in [2.24, 2.45) is 5.92 Å². The molecule has 0 saturated carbocycles. The van der Waals surface area contributed by atoms with Crippen molar-refractivity contribution in [3.8, 4) is 0 Å². The number of rotatable bonds is 4. The lowest BCUT2D eigenvalue weighted by Gasteiger charge is -2.39. The van der Waals surface area contributed by atoms with Crippen molar-refractivity contribution >= 4 is 12.4 Å². The Labute approximate surface area is 145 Å². The smallest absolute Gasteiger partial charge is 0.0986 e. The van der Waals surface area contributed by atoms with E-state index < -0.39 is 6.10 Å². The molecule has 2 aromatic rings. The number of piperidine rings is 1. The molecule has 124 valence electrons. The van der Waals surface area contributed by atoms with Crippen molar-refractivity contribution < 1.29 is 5.11 Å². The monoisotopic (exact) mass is 331 g/mol. The maximum absolute atomic E-state index is 11.0. The molecule has 0 spiro atoms. The Hall–Kier alpha value is -1.35. The van der Waals surface area contributed by atoms with Crippen LogP contribution in [0, 0.1) is 5.92 Å². The third kappa shape index (κ3) is 4.35. The summed E-state index contributed by atoms with van der Waals surface area (Å²) in [5.41, 5.74) is 2.20. The Bertz CT molecular complexity index is 567. The molecule has 23 heavy (non-hydrogen) atoms. The fourth-order valence-corrected chi connectivity index (χ4v) is 3.38. The molecule has 2 nitrogen and oxygen atoms in total. The SMILES string of the molecule is CC1CCN(C(c2ccccc2)C(O)c2ccccc2)CC1.Cl. The first-order valence-corrected chi connectivity index (χ1v) is 8.27. The number of aliphatic hydroxyl groups excluding tert-OH is 1. The molecule has 2 atom stereocenters. The average Bonchev–Trinajstić information content (AvgIpc) is 2.58. The van der Waals surface area contributed by atoms with Gasteiger partial charge in [-0.25, -0.2) is 0 Å². The Balaban J connectivity index is 0.00000192. The second-order valence-electron chi connectivity index (χ2n) is 6.43. The minimum Gasteiger partial charge on any atom is -0.386 e. The van der Waals surface area contributed by atoms with Crippen molar-refractivity contribution in [2.75, 3.05) is 13.1 Å². The third-order valence-corrected chi connectivity index (χ3v) is 4.79. The Morgan fingerprint density at radius 3 is 1.87 bits per heavy atom. The minimum atomic E-state index is -0.489. The van der Waals surface area contributed by atoms with Gasteiger partial charge in [0.15, 0.2) is 0 Å². The van der Waals surface area contributed by atoms with Crippen LogP contribution in [-0.4, -0.2) is 23.1 Å². The Morgan fingerprint density at radius 1 is 0.870 bits per heavy atom. The highest BCUT2D eigenvalue weighted by Crippen LogP contribution is 2.36. The average molecular weight is 332 g/mol. The molecule has 1 aliphatic rings. The molecule has 3 rings (SSSR count). The molecule has 1 fully saturated rings. The highest BCUT2D eigenvalue weighted by Gasteiger charge is 2.30. The lowest BCUT2D eigenvalue weighted by Crippen LogP contribution is -2.38. The molecule has 1 aliphatic heterocycles. The summed E-state index contributed by atoms with van der Waals surface area (Å²) >= 11 is 0. The van der Waals surface area contributed by atoms with Crippen LogP contribution < -0.4 is 0 Å². The van der Waals surface area contributed by atoms with Gasteiger partial charge in [-0.1, -0.05) is 67.6 Å². The van der Waals surface area contributed by atoms with E-state index in [0.29, 0.717) is 0 Å². The quantitative estimate of drug-likeness (QED) is 0.884. The third-order valence-electron chi connectivity index (χ3n) is 4.79. The fourth-order valence-electron chi connectivity index (χ4n) is 3.38. The summed E-state index contributed by atoms with van der Waals surface area (Å²) in [7, 11) is 0. The summed E-state index contributed by atoms with van der Waals surface area (Å²) in [6.45, 7) is 4.44. The molecule has 0 aromatic heterocycles. The second-order valence-corrected chi connectivity index (χ2v) is 6.43. The lowest BCUT2D eigenvalue weighted by atomic mass is 9.91. The highest BCUT2D eigenvalue weighted by atomic mass is 35.5. The number of nitrogens with zero attached hydrogens (tertiary/aromatic N) is 1. The fraction of sp³-hybridized carbons (Fsp3) is 0.400. The predicted molar refractivity (Wildman–Crippen MR) is 97.8 cm³/mol. The topological polar surface area (TPSA) is 23.5 Å². The molecule has 2 aromatic carbocycles. The van der Waals surface area contributed by atoms with Gasteiger partial charge in [-0.2, -0.15) is 0 Å². The van der Waals surface area contributed by atoms with E-state index in [9.17, 15) is 5.11 Å². The first-order valence-electron chi connectivity index (χ1n) is 8.27. The Kier molecular flexibility index (Phi) is 6.64. The zero-order valence-electron chi connectivity index (χ0n) is 13.6. The molecule has 0 aliphatic carbocycles. The molecule has 3 heteroatoms. The second kappa shape index (κ2) is 8.49. The van der Waals surface area contributed by atoms with Gasteiger partial charge in [-0.15, -0.1) is 12.4 Å². The number of hydrogen-bond acceptors (Lipinski definition) is 2. The van der Waals surface area contributed by atoms with E-state index in [1.54, 1.807) is 0 Å². The largest absolute Gasteiger partial charge is 0.386 e. The van der Waals surface area contributed by atoms with E-state index in [1.807, 2.05) is 36.4 Å². The summed E-state index contributed by atoms with van der Waals surface area (Å²) in [6.07, 6.45) is 1.94. The van der Waals surface area contributed by atoms with Gasteiger partial charge in [-0.05, 0) is 43.0 Å². The maximum Gasteiger partial charge on any atom is 0.0986 e.